The van der Waals surface area contributed by atoms with Crippen molar-refractivity contribution in [2.45, 2.75) is 24.0 Å². The Morgan fingerprint density at radius 1 is 1.17 bits per heavy atom. The molecule has 0 radical (unpaired) electrons. The van der Waals surface area contributed by atoms with Crippen LogP contribution in [0.5, 0.6) is 5.75 Å². The van der Waals surface area contributed by atoms with E-state index in [1.165, 1.54) is 37.3 Å². The molecule has 8 nitrogen and oxygen atoms in total. The molecule has 1 aliphatic heterocycles. The molecule has 0 bridgehead atoms. The number of benzene rings is 1. The van der Waals surface area contributed by atoms with Crippen molar-refractivity contribution < 1.29 is 32.8 Å². The number of β-amino-alcohol motifs (C(OH)–C–C–N with tert-alkyl or cyclic N) is 1. The Kier molecular flexibility index (Phi) is 12.3. The standard InChI is InChI=1S/C23H30Cl3NO7S/c1-16(11-22(26)23(17(2)25)34-14-18(28)12-24)35(30,31)21-5-3-20(4-6-21)33-15-19(29)13-27-7-9-32-10-8-27/h3-6,11,18-19,28-29H,2,7-10,12-15H2,1H3/b16-11+,23-22-/t18-,19+/m1/s1. The minimum Gasteiger partial charge on any atom is -0.491 e. The molecule has 1 aliphatic rings. The van der Waals surface area contributed by atoms with Crippen LogP contribution in [-0.4, -0.2) is 87.7 Å². The maximum atomic E-state index is 13.0. The fourth-order valence-corrected chi connectivity index (χ4v) is 4.88. The molecule has 2 atom stereocenters. The van der Waals surface area contributed by atoms with E-state index in [2.05, 4.69) is 11.5 Å². The molecule has 2 rings (SSSR count). The van der Waals surface area contributed by atoms with Gasteiger partial charge in [-0.2, -0.15) is 0 Å². The van der Waals surface area contributed by atoms with Crippen molar-refractivity contribution >= 4 is 44.6 Å². The summed E-state index contributed by atoms with van der Waals surface area (Å²) in [5.41, 5.74) is 0. The lowest BCUT2D eigenvalue weighted by Gasteiger charge is -2.28. The molecule has 0 saturated carbocycles. The summed E-state index contributed by atoms with van der Waals surface area (Å²) < 4.78 is 42.2. The Morgan fingerprint density at radius 3 is 2.37 bits per heavy atom. The number of rotatable bonds is 13. The molecule has 35 heavy (non-hydrogen) atoms. The largest absolute Gasteiger partial charge is 0.491 e. The summed E-state index contributed by atoms with van der Waals surface area (Å²) in [4.78, 5) is 2.06. The van der Waals surface area contributed by atoms with E-state index < -0.39 is 22.0 Å². The highest BCUT2D eigenvalue weighted by Crippen LogP contribution is 2.27. The number of ether oxygens (including phenoxy) is 3. The monoisotopic (exact) mass is 569 g/mol. The number of alkyl halides is 1. The molecule has 196 valence electrons. The van der Waals surface area contributed by atoms with E-state index in [0.717, 1.165) is 13.1 Å². The number of morpholine rings is 1. The molecule has 12 heteroatoms. The second-order valence-electron chi connectivity index (χ2n) is 7.81. The Balaban J connectivity index is 2.04. The summed E-state index contributed by atoms with van der Waals surface area (Å²) in [6.07, 6.45) is -0.448. The summed E-state index contributed by atoms with van der Waals surface area (Å²) >= 11 is 17.7. The van der Waals surface area contributed by atoms with Crippen molar-refractivity contribution in [2.24, 2.45) is 0 Å². The van der Waals surface area contributed by atoms with Gasteiger partial charge in [0.1, 0.15) is 31.2 Å². The predicted octanol–water partition coefficient (Wildman–Crippen LogP) is 3.26. The number of nitrogens with zero attached hydrogens (tertiary/aromatic N) is 1. The van der Waals surface area contributed by atoms with Crippen molar-refractivity contribution in [3.8, 4) is 5.75 Å². The first-order chi connectivity index (χ1) is 16.5. The van der Waals surface area contributed by atoms with Crippen LogP contribution < -0.4 is 4.74 Å². The van der Waals surface area contributed by atoms with E-state index in [4.69, 9.17) is 49.0 Å². The number of allylic oxidation sites excluding steroid dienone is 4. The summed E-state index contributed by atoms with van der Waals surface area (Å²) in [6, 6.07) is 5.84. The quantitative estimate of drug-likeness (QED) is 0.212. The number of aliphatic hydroxyl groups is 2. The lowest BCUT2D eigenvalue weighted by atomic mass is 10.3. The van der Waals surface area contributed by atoms with Gasteiger partial charge in [0.15, 0.2) is 5.76 Å². The Labute approximate surface area is 221 Å². The third-order valence-corrected chi connectivity index (χ3v) is 7.63. The van der Waals surface area contributed by atoms with Gasteiger partial charge in [0, 0.05) is 24.5 Å². The summed E-state index contributed by atoms with van der Waals surface area (Å²) in [7, 11) is -3.88. The van der Waals surface area contributed by atoms with E-state index in [1.54, 1.807) is 0 Å². The Morgan fingerprint density at radius 2 is 1.80 bits per heavy atom. The normalized spacial score (nSPS) is 17.9. The van der Waals surface area contributed by atoms with E-state index in [9.17, 15) is 18.6 Å². The van der Waals surface area contributed by atoms with Gasteiger partial charge in [-0.25, -0.2) is 8.42 Å². The first kappa shape index (κ1) is 29.9. The van der Waals surface area contributed by atoms with Crippen LogP contribution in [0.25, 0.3) is 0 Å². The predicted molar refractivity (Wildman–Crippen MR) is 137 cm³/mol. The number of hydrogen-bond donors (Lipinski definition) is 2. The van der Waals surface area contributed by atoms with Crippen LogP contribution in [0.4, 0.5) is 0 Å². The average Bonchev–Trinajstić information content (AvgIpc) is 2.83. The van der Waals surface area contributed by atoms with Gasteiger partial charge >= 0.3 is 0 Å². The van der Waals surface area contributed by atoms with Crippen molar-refractivity contribution in [2.75, 3.05) is 51.9 Å². The highest BCUT2D eigenvalue weighted by Gasteiger charge is 2.20. The highest BCUT2D eigenvalue weighted by atomic mass is 35.5. The van der Waals surface area contributed by atoms with Gasteiger partial charge in [-0.1, -0.05) is 29.8 Å². The van der Waals surface area contributed by atoms with E-state index in [0.29, 0.717) is 25.5 Å². The molecular weight excluding hydrogens is 541 g/mol. The van der Waals surface area contributed by atoms with E-state index in [1.807, 2.05) is 0 Å². The van der Waals surface area contributed by atoms with Crippen molar-refractivity contribution in [1.29, 1.82) is 0 Å². The van der Waals surface area contributed by atoms with Gasteiger partial charge in [0.05, 0.1) is 34.1 Å². The minimum atomic E-state index is -3.88. The number of halogens is 3. The molecule has 1 saturated heterocycles. The zero-order valence-corrected chi connectivity index (χ0v) is 22.4. The first-order valence-electron chi connectivity index (χ1n) is 10.8. The molecule has 1 aromatic carbocycles. The van der Waals surface area contributed by atoms with Crippen molar-refractivity contribution in [3.63, 3.8) is 0 Å². The fourth-order valence-electron chi connectivity index (χ4n) is 3.05. The lowest BCUT2D eigenvalue weighted by Crippen LogP contribution is -2.42. The third kappa shape index (κ3) is 9.59. The molecule has 1 heterocycles. The van der Waals surface area contributed by atoms with Crippen LogP contribution >= 0.6 is 34.8 Å². The third-order valence-electron chi connectivity index (χ3n) is 4.96. The molecule has 0 spiro atoms. The second-order valence-corrected chi connectivity index (χ2v) is 11.1. The molecular formula is C23H30Cl3NO7S. The second kappa shape index (κ2) is 14.4. The van der Waals surface area contributed by atoms with Gasteiger partial charge in [-0.15, -0.1) is 11.6 Å². The maximum Gasteiger partial charge on any atom is 0.202 e. The average molecular weight is 571 g/mol. The minimum absolute atomic E-state index is 0.0293. The zero-order chi connectivity index (χ0) is 26.0. The first-order valence-corrected chi connectivity index (χ1v) is 13.6. The fraction of sp³-hybridized carbons (Fsp3) is 0.478. The van der Waals surface area contributed by atoms with Crippen LogP contribution in [0.15, 0.2) is 62.5 Å². The summed E-state index contributed by atoms with van der Waals surface area (Å²) in [5, 5.41) is 19.6. The van der Waals surface area contributed by atoms with Gasteiger partial charge < -0.3 is 24.4 Å². The molecule has 1 fully saturated rings. The van der Waals surface area contributed by atoms with Gasteiger partial charge in [0.25, 0.3) is 0 Å². The molecule has 0 amide bonds. The Bertz CT molecular complexity index is 1010. The zero-order valence-electron chi connectivity index (χ0n) is 19.3. The SMILES string of the molecule is C=C(Cl)/C(OC[C@H](O)CCl)=C(Cl)\C=C(/C)S(=O)(=O)c1ccc(OC[C@@H](O)CN2CCOCC2)cc1. The van der Waals surface area contributed by atoms with Crippen molar-refractivity contribution in [3.05, 3.63) is 57.6 Å². The van der Waals surface area contributed by atoms with Crippen LogP contribution in [0, 0.1) is 0 Å². The number of aliphatic hydroxyl groups excluding tert-OH is 2. The molecule has 0 aromatic heterocycles. The molecule has 0 unspecified atom stereocenters. The van der Waals surface area contributed by atoms with Crippen LogP contribution in [0.2, 0.25) is 0 Å². The Hall–Kier alpha value is -1.30. The summed E-state index contributed by atoms with van der Waals surface area (Å²) in [5.74, 6) is 0.304. The van der Waals surface area contributed by atoms with Gasteiger partial charge in [-0.3, -0.25) is 4.90 Å². The van der Waals surface area contributed by atoms with E-state index >= 15 is 0 Å². The summed E-state index contributed by atoms with van der Waals surface area (Å²) in [6.45, 7) is 8.09. The molecule has 0 aliphatic carbocycles. The van der Waals surface area contributed by atoms with Crippen LogP contribution in [0.1, 0.15) is 6.92 Å². The molecule has 1 aromatic rings. The van der Waals surface area contributed by atoms with Crippen molar-refractivity contribution in [1.82, 2.24) is 4.90 Å². The van der Waals surface area contributed by atoms with Gasteiger partial charge in [0.2, 0.25) is 9.84 Å². The topological polar surface area (TPSA) is 106 Å². The van der Waals surface area contributed by atoms with Crippen LogP contribution in [-0.2, 0) is 19.3 Å². The van der Waals surface area contributed by atoms with Gasteiger partial charge in [-0.05, 0) is 37.3 Å². The molecule has 2 N–H and O–H groups in total. The van der Waals surface area contributed by atoms with Crippen LogP contribution in [0.3, 0.4) is 0 Å². The smallest absolute Gasteiger partial charge is 0.202 e. The number of hydrogen-bond acceptors (Lipinski definition) is 8. The van der Waals surface area contributed by atoms with E-state index in [-0.39, 0.29) is 44.7 Å². The maximum absolute atomic E-state index is 13.0. The number of sulfone groups is 1. The highest BCUT2D eigenvalue weighted by molar-refractivity contribution is 7.95. The lowest BCUT2D eigenvalue weighted by molar-refractivity contribution is 0.00465.